The van der Waals surface area contributed by atoms with E-state index in [0.29, 0.717) is 18.4 Å². The van der Waals surface area contributed by atoms with Gasteiger partial charge in [-0.3, -0.25) is 14.6 Å². The number of aliphatic carboxylic acids is 1. The summed E-state index contributed by atoms with van der Waals surface area (Å²) >= 11 is 0. The smallest absolute Gasteiger partial charge is 0.322 e. The number of carbonyl (C=O) groups excluding carboxylic acids is 1. The molecule has 1 unspecified atom stereocenters. The second-order valence-electron chi connectivity index (χ2n) is 8.18. The summed E-state index contributed by atoms with van der Waals surface area (Å²) in [7, 11) is -4.14. The Morgan fingerprint density at radius 3 is 2.46 bits per heavy atom. The first-order valence-corrected chi connectivity index (χ1v) is 12.7. The molecule has 1 amide bonds. The molecule has 0 aromatic heterocycles. The average molecular weight is 495 g/mol. The third-order valence-corrected chi connectivity index (χ3v) is 7.12. The second kappa shape index (κ2) is 10.7. The van der Waals surface area contributed by atoms with Crippen LogP contribution in [0.2, 0.25) is 0 Å². The minimum atomic E-state index is -4.14. The standard InChI is InChI=1S/C25H26N4O5S/c30-23(26-12-11-17-5-7-19(8-6-17)24-27-13-14-28-24)16-22(25(31)32)29-35(33,34)21-10-9-18-3-1-2-4-20(18)15-21/h1-10,15,22,29H,11-14,16H2,(H,26,30)(H,27,28)(H,31,32). The van der Waals surface area contributed by atoms with Gasteiger partial charge in [-0.05, 0) is 34.9 Å². The van der Waals surface area contributed by atoms with Crippen molar-refractivity contribution < 1.29 is 23.1 Å². The second-order valence-corrected chi connectivity index (χ2v) is 9.89. The number of nitrogens with zero attached hydrogens (tertiary/aromatic N) is 1. The fraction of sp³-hybridized carbons (Fsp3) is 0.240. The van der Waals surface area contributed by atoms with Gasteiger partial charge in [-0.1, -0.05) is 54.6 Å². The van der Waals surface area contributed by atoms with Gasteiger partial charge >= 0.3 is 5.97 Å². The first kappa shape index (κ1) is 24.4. The SMILES string of the molecule is O=C(CC(NS(=O)(=O)c1ccc2ccccc2c1)C(=O)O)NCCc1ccc(C2=NCCN2)cc1. The van der Waals surface area contributed by atoms with Crippen molar-refractivity contribution in [2.75, 3.05) is 19.6 Å². The number of amidine groups is 1. The van der Waals surface area contributed by atoms with Crippen LogP contribution >= 0.6 is 0 Å². The minimum absolute atomic E-state index is 0.0647. The zero-order valence-corrected chi connectivity index (χ0v) is 19.7. The van der Waals surface area contributed by atoms with Gasteiger partial charge in [0.2, 0.25) is 15.9 Å². The summed E-state index contributed by atoms with van der Waals surface area (Å²) in [5.74, 6) is -1.11. The Labute approximate surface area is 203 Å². The number of rotatable bonds is 10. The van der Waals surface area contributed by atoms with Crippen molar-refractivity contribution >= 4 is 38.5 Å². The zero-order chi connectivity index (χ0) is 24.8. The van der Waals surface area contributed by atoms with E-state index in [1.165, 1.54) is 12.1 Å². The average Bonchev–Trinajstić information content (AvgIpc) is 3.39. The van der Waals surface area contributed by atoms with Crippen LogP contribution in [0, 0.1) is 0 Å². The summed E-state index contributed by atoms with van der Waals surface area (Å²) in [4.78, 5) is 28.3. The van der Waals surface area contributed by atoms with E-state index in [4.69, 9.17) is 0 Å². The third-order valence-electron chi connectivity index (χ3n) is 5.65. The van der Waals surface area contributed by atoms with Crippen LogP contribution in [0.25, 0.3) is 10.8 Å². The normalized spacial score (nSPS) is 14.2. The van der Waals surface area contributed by atoms with Gasteiger partial charge in [0, 0.05) is 18.7 Å². The maximum atomic E-state index is 12.8. The Bertz CT molecular complexity index is 1370. The minimum Gasteiger partial charge on any atom is -0.480 e. The van der Waals surface area contributed by atoms with Crippen molar-refractivity contribution in [2.45, 2.75) is 23.8 Å². The molecule has 1 aliphatic rings. The van der Waals surface area contributed by atoms with E-state index < -0.39 is 34.4 Å². The van der Waals surface area contributed by atoms with Gasteiger partial charge in [-0.2, -0.15) is 4.72 Å². The largest absolute Gasteiger partial charge is 0.480 e. The summed E-state index contributed by atoms with van der Waals surface area (Å²) in [5, 5.41) is 16.9. The molecule has 0 saturated carbocycles. The number of amides is 1. The van der Waals surface area contributed by atoms with E-state index in [-0.39, 0.29) is 4.90 Å². The lowest BCUT2D eigenvalue weighted by Gasteiger charge is -2.15. The van der Waals surface area contributed by atoms with Crippen molar-refractivity contribution in [1.29, 1.82) is 0 Å². The lowest BCUT2D eigenvalue weighted by Crippen LogP contribution is -2.44. The molecule has 0 spiro atoms. The van der Waals surface area contributed by atoms with E-state index in [2.05, 4.69) is 20.3 Å². The molecule has 0 radical (unpaired) electrons. The van der Waals surface area contributed by atoms with Gasteiger partial charge in [0.05, 0.1) is 17.9 Å². The number of carboxylic acid groups (broad SMARTS) is 1. The Morgan fingerprint density at radius 2 is 1.77 bits per heavy atom. The predicted octanol–water partition coefficient (Wildman–Crippen LogP) is 1.67. The van der Waals surface area contributed by atoms with Gasteiger partial charge in [0.25, 0.3) is 0 Å². The first-order valence-electron chi connectivity index (χ1n) is 11.2. The van der Waals surface area contributed by atoms with Crippen LogP contribution in [0.15, 0.2) is 76.6 Å². The zero-order valence-electron chi connectivity index (χ0n) is 18.9. The van der Waals surface area contributed by atoms with Crippen molar-refractivity contribution in [3.05, 3.63) is 77.9 Å². The molecule has 10 heteroatoms. The molecule has 182 valence electrons. The van der Waals surface area contributed by atoms with Crippen molar-refractivity contribution in [2.24, 2.45) is 4.99 Å². The number of carboxylic acids is 1. The van der Waals surface area contributed by atoms with Gasteiger partial charge in [-0.15, -0.1) is 0 Å². The van der Waals surface area contributed by atoms with E-state index in [0.717, 1.165) is 35.4 Å². The molecule has 9 nitrogen and oxygen atoms in total. The van der Waals surface area contributed by atoms with Crippen molar-refractivity contribution in [1.82, 2.24) is 15.4 Å². The number of aliphatic imine (C=N–C) groups is 1. The highest BCUT2D eigenvalue weighted by Gasteiger charge is 2.27. The van der Waals surface area contributed by atoms with Crippen molar-refractivity contribution in [3.8, 4) is 0 Å². The molecular weight excluding hydrogens is 468 g/mol. The molecule has 1 heterocycles. The Hall–Kier alpha value is -3.76. The highest BCUT2D eigenvalue weighted by Crippen LogP contribution is 2.19. The molecule has 0 aliphatic carbocycles. The number of sulfonamides is 1. The summed E-state index contributed by atoms with van der Waals surface area (Å²) in [6.45, 7) is 1.89. The molecule has 0 saturated heterocycles. The van der Waals surface area contributed by atoms with E-state index in [1.54, 1.807) is 18.2 Å². The van der Waals surface area contributed by atoms with E-state index in [1.807, 2.05) is 36.4 Å². The molecule has 4 N–H and O–H groups in total. The molecule has 35 heavy (non-hydrogen) atoms. The topological polar surface area (TPSA) is 137 Å². The van der Waals surface area contributed by atoms with Crippen LogP contribution in [-0.2, 0) is 26.0 Å². The Morgan fingerprint density at radius 1 is 1.03 bits per heavy atom. The number of fused-ring (bicyclic) bond motifs is 1. The molecule has 1 aliphatic heterocycles. The maximum absolute atomic E-state index is 12.8. The van der Waals surface area contributed by atoms with Crippen LogP contribution in [-0.4, -0.2) is 56.9 Å². The fourth-order valence-electron chi connectivity index (χ4n) is 3.79. The lowest BCUT2D eigenvalue weighted by atomic mass is 10.1. The fourth-order valence-corrected chi connectivity index (χ4v) is 5.02. The number of nitrogens with one attached hydrogen (secondary N) is 3. The van der Waals surface area contributed by atoms with Gasteiger partial charge < -0.3 is 15.7 Å². The van der Waals surface area contributed by atoms with Gasteiger partial charge in [-0.25, -0.2) is 8.42 Å². The monoisotopic (exact) mass is 494 g/mol. The molecule has 3 aromatic carbocycles. The lowest BCUT2D eigenvalue weighted by molar-refractivity contribution is -0.141. The quantitative estimate of drug-likeness (QED) is 0.338. The number of hydrogen-bond acceptors (Lipinski definition) is 6. The van der Waals surface area contributed by atoms with E-state index >= 15 is 0 Å². The molecule has 3 aromatic rings. The maximum Gasteiger partial charge on any atom is 0.322 e. The molecular formula is C25H26N4O5S. The highest BCUT2D eigenvalue weighted by atomic mass is 32.2. The van der Waals surface area contributed by atoms with Crippen LogP contribution < -0.4 is 15.4 Å². The van der Waals surface area contributed by atoms with Crippen LogP contribution in [0.5, 0.6) is 0 Å². The van der Waals surface area contributed by atoms with Crippen LogP contribution in [0.4, 0.5) is 0 Å². The summed E-state index contributed by atoms with van der Waals surface area (Å²) in [6.07, 6.45) is 0.0268. The molecule has 4 rings (SSSR count). The van der Waals surface area contributed by atoms with Gasteiger partial charge in [0.15, 0.2) is 0 Å². The molecule has 1 atom stereocenters. The highest BCUT2D eigenvalue weighted by molar-refractivity contribution is 7.89. The molecule has 0 bridgehead atoms. The number of hydrogen-bond donors (Lipinski definition) is 4. The van der Waals surface area contributed by atoms with Crippen LogP contribution in [0.1, 0.15) is 17.5 Å². The summed E-state index contributed by atoms with van der Waals surface area (Å²) in [5.41, 5.74) is 2.00. The third kappa shape index (κ3) is 6.23. The van der Waals surface area contributed by atoms with Gasteiger partial charge in [0.1, 0.15) is 11.9 Å². The number of benzene rings is 3. The number of carbonyl (C=O) groups is 2. The predicted molar refractivity (Wildman–Crippen MR) is 133 cm³/mol. The Balaban J connectivity index is 1.31. The first-order chi connectivity index (χ1) is 16.8. The van der Waals surface area contributed by atoms with Crippen molar-refractivity contribution in [3.63, 3.8) is 0 Å². The summed E-state index contributed by atoms with van der Waals surface area (Å²) < 4.78 is 27.7. The van der Waals surface area contributed by atoms with E-state index in [9.17, 15) is 23.1 Å². The summed E-state index contributed by atoms with van der Waals surface area (Å²) in [6, 6.07) is 18.0. The molecule has 0 fully saturated rings. The van der Waals surface area contributed by atoms with Crippen LogP contribution in [0.3, 0.4) is 0 Å². The Kier molecular flexibility index (Phi) is 7.42.